The van der Waals surface area contributed by atoms with Crippen molar-refractivity contribution in [2.24, 2.45) is 5.92 Å². The van der Waals surface area contributed by atoms with Gasteiger partial charge in [-0.2, -0.15) is 0 Å². The van der Waals surface area contributed by atoms with Crippen LogP contribution in [0.2, 0.25) is 0 Å². The van der Waals surface area contributed by atoms with Crippen LogP contribution >= 0.6 is 0 Å². The van der Waals surface area contributed by atoms with Crippen molar-refractivity contribution in [3.63, 3.8) is 0 Å². The van der Waals surface area contributed by atoms with Crippen LogP contribution in [0.5, 0.6) is 0 Å². The molecule has 1 aromatic carbocycles. The Morgan fingerprint density at radius 2 is 1.89 bits per heavy atom. The Kier molecular flexibility index (Phi) is 5.28. The van der Waals surface area contributed by atoms with Gasteiger partial charge in [0.15, 0.2) is 5.82 Å². The number of aliphatic hydroxyl groups is 1. The number of halogens is 2. The van der Waals surface area contributed by atoms with Crippen LogP contribution in [0, 0.1) is 5.92 Å². The Labute approximate surface area is 202 Å². The highest BCUT2D eigenvalue weighted by molar-refractivity contribution is 5.94. The molecule has 0 bridgehead atoms. The summed E-state index contributed by atoms with van der Waals surface area (Å²) in [6.45, 7) is 0.171. The van der Waals surface area contributed by atoms with Crippen LogP contribution in [0.3, 0.4) is 0 Å². The fourth-order valence-electron chi connectivity index (χ4n) is 6.37. The van der Waals surface area contributed by atoms with E-state index in [9.17, 15) is 18.7 Å². The topological polar surface area (TPSA) is 74.0 Å². The SMILES string of the molecule is O=C(c1nc(N2CCC(F)(F)C2)c2cnccn12)N1CCC(O)(c2ccccc2)[C@@H]2CCCC[C@@H]21. The minimum Gasteiger partial charge on any atom is -0.385 e. The summed E-state index contributed by atoms with van der Waals surface area (Å²) in [6.07, 6.45) is 8.70. The first-order chi connectivity index (χ1) is 16.9. The molecule has 1 saturated carbocycles. The van der Waals surface area contributed by atoms with Crippen molar-refractivity contribution < 1.29 is 18.7 Å². The highest BCUT2D eigenvalue weighted by atomic mass is 19.3. The first kappa shape index (κ1) is 22.4. The van der Waals surface area contributed by atoms with E-state index in [0.717, 1.165) is 31.2 Å². The predicted octanol–water partition coefficient (Wildman–Crippen LogP) is 3.87. The van der Waals surface area contributed by atoms with Crippen LogP contribution in [-0.4, -0.2) is 61.9 Å². The molecule has 9 heteroatoms. The minimum absolute atomic E-state index is 0.0685. The van der Waals surface area contributed by atoms with Crippen LogP contribution in [-0.2, 0) is 5.60 Å². The smallest absolute Gasteiger partial charge is 0.290 e. The molecule has 1 unspecified atom stereocenters. The maximum Gasteiger partial charge on any atom is 0.290 e. The van der Waals surface area contributed by atoms with Gasteiger partial charge in [0.2, 0.25) is 5.82 Å². The van der Waals surface area contributed by atoms with Crippen molar-refractivity contribution in [1.29, 1.82) is 0 Å². The fourth-order valence-corrected chi connectivity index (χ4v) is 6.37. The summed E-state index contributed by atoms with van der Waals surface area (Å²) in [5.41, 5.74) is 0.471. The highest BCUT2D eigenvalue weighted by Crippen LogP contribution is 2.47. The van der Waals surface area contributed by atoms with Crippen LogP contribution in [0.1, 0.15) is 54.7 Å². The first-order valence-electron chi connectivity index (χ1n) is 12.4. The summed E-state index contributed by atoms with van der Waals surface area (Å²) in [7, 11) is 0. The second-order valence-corrected chi connectivity index (χ2v) is 10.1. The molecule has 3 fully saturated rings. The number of nitrogens with zero attached hydrogens (tertiary/aromatic N) is 5. The van der Waals surface area contributed by atoms with Gasteiger partial charge in [-0.3, -0.25) is 14.2 Å². The van der Waals surface area contributed by atoms with Gasteiger partial charge in [-0.25, -0.2) is 13.8 Å². The van der Waals surface area contributed by atoms with E-state index in [2.05, 4.69) is 9.97 Å². The Hall–Kier alpha value is -3.07. The average molecular weight is 482 g/mol. The van der Waals surface area contributed by atoms with Crippen LogP contribution in [0.4, 0.5) is 14.6 Å². The third-order valence-electron chi connectivity index (χ3n) is 8.10. The van der Waals surface area contributed by atoms with Crippen molar-refractivity contribution in [3.05, 3.63) is 60.3 Å². The van der Waals surface area contributed by atoms with Crippen LogP contribution in [0.25, 0.3) is 5.52 Å². The number of carbonyl (C=O) groups excluding carboxylic acids is 1. The zero-order valence-electron chi connectivity index (χ0n) is 19.5. The third-order valence-corrected chi connectivity index (χ3v) is 8.10. The van der Waals surface area contributed by atoms with Crippen LogP contribution in [0.15, 0.2) is 48.9 Å². The van der Waals surface area contributed by atoms with Gasteiger partial charge in [-0.05, 0) is 24.8 Å². The van der Waals surface area contributed by atoms with Crippen molar-refractivity contribution in [2.75, 3.05) is 24.5 Å². The molecule has 1 N–H and O–H groups in total. The van der Waals surface area contributed by atoms with Gasteiger partial charge < -0.3 is 14.9 Å². The molecule has 184 valence electrons. The van der Waals surface area contributed by atoms with Crippen LogP contribution < -0.4 is 4.90 Å². The molecular formula is C26H29F2N5O2. The predicted molar refractivity (Wildman–Crippen MR) is 127 cm³/mol. The van der Waals surface area contributed by atoms with E-state index >= 15 is 0 Å². The fraction of sp³-hybridized carbons (Fsp3) is 0.500. The van der Waals surface area contributed by atoms with Gasteiger partial charge in [-0.15, -0.1) is 0 Å². The average Bonchev–Trinajstić information content (AvgIpc) is 3.44. The first-order valence-corrected chi connectivity index (χ1v) is 12.4. The molecule has 2 aromatic heterocycles. The number of likely N-dealkylation sites (tertiary alicyclic amines) is 1. The number of fused-ring (bicyclic) bond motifs is 2. The van der Waals surface area contributed by atoms with Gasteiger partial charge in [0.1, 0.15) is 5.52 Å². The minimum atomic E-state index is -2.77. The second-order valence-electron chi connectivity index (χ2n) is 10.1. The maximum atomic E-state index is 13.9. The number of alkyl halides is 2. The summed E-state index contributed by atoms with van der Waals surface area (Å²) >= 11 is 0. The number of rotatable bonds is 3. The van der Waals surface area contributed by atoms with E-state index in [1.807, 2.05) is 35.2 Å². The standard InChI is InChI=1S/C26H29F2N5O2/c27-25(28)10-13-31(17-25)22-21-16-29-12-15-32(21)23(30-22)24(34)33-14-11-26(35,18-6-2-1-3-7-18)19-8-4-5-9-20(19)33/h1-3,6-7,12,15-16,19-20,35H,4-5,8-11,13-14,17H2/t19-,20+,26?/m1/s1. The molecule has 0 radical (unpaired) electrons. The van der Waals surface area contributed by atoms with Gasteiger partial charge in [-0.1, -0.05) is 43.2 Å². The summed E-state index contributed by atoms with van der Waals surface area (Å²) < 4.78 is 29.6. The molecule has 4 heterocycles. The largest absolute Gasteiger partial charge is 0.385 e. The van der Waals surface area contributed by atoms with Crippen molar-refractivity contribution in [3.8, 4) is 0 Å². The van der Waals surface area contributed by atoms with E-state index in [1.165, 1.54) is 0 Å². The monoisotopic (exact) mass is 481 g/mol. The molecule has 3 aromatic rings. The number of hydrogen-bond donors (Lipinski definition) is 1. The highest BCUT2D eigenvalue weighted by Gasteiger charge is 2.51. The lowest BCUT2D eigenvalue weighted by atomic mass is 9.66. The summed E-state index contributed by atoms with van der Waals surface area (Å²) in [6, 6.07) is 9.65. The van der Waals surface area contributed by atoms with Crippen molar-refractivity contribution >= 4 is 17.2 Å². The van der Waals surface area contributed by atoms with E-state index in [4.69, 9.17) is 0 Å². The van der Waals surface area contributed by atoms with E-state index < -0.39 is 18.1 Å². The number of benzene rings is 1. The zero-order valence-corrected chi connectivity index (χ0v) is 19.5. The number of amides is 1. The van der Waals surface area contributed by atoms with E-state index in [-0.39, 0.29) is 36.7 Å². The summed E-state index contributed by atoms with van der Waals surface area (Å²) in [4.78, 5) is 26.1. The number of imidazole rings is 1. The Morgan fingerprint density at radius 1 is 1.09 bits per heavy atom. The molecule has 35 heavy (non-hydrogen) atoms. The molecule has 3 aliphatic rings. The lowest BCUT2D eigenvalue weighted by molar-refractivity contribution is -0.110. The number of anilines is 1. The lowest BCUT2D eigenvalue weighted by Gasteiger charge is -2.52. The Morgan fingerprint density at radius 3 is 2.66 bits per heavy atom. The molecule has 2 saturated heterocycles. The van der Waals surface area contributed by atoms with E-state index in [1.54, 1.807) is 27.9 Å². The molecule has 3 atom stereocenters. The number of piperidine rings is 1. The maximum absolute atomic E-state index is 13.9. The second kappa shape index (κ2) is 8.26. The van der Waals surface area contributed by atoms with Gasteiger partial charge >= 0.3 is 0 Å². The third kappa shape index (κ3) is 3.67. The molecular weight excluding hydrogens is 452 g/mol. The zero-order chi connectivity index (χ0) is 24.2. The molecule has 1 aliphatic carbocycles. The number of carbonyl (C=O) groups is 1. The summed E-state index contributed by atoms with van der Waals surface area (Å²) in [5, 5.41) is 11.8. The van der Waals surface area contributed by atoms with Gasteiger partial charge in [0.25, 0.3) is 11.8 Å². The Balaban J connectivity index is 1.35. The molecule has 2 aliphatic heterocycles. The summed E-state index contributed by atoms with van der Waals surface area (Å²) in [5.74, 6) is -2.48. The molecule has 1 amide bonds. The number of hydrogen-bond acceptors (Lipinski definition) is 5. The quantitative estimate of drug-likeness (QED) is 0.615. The van der Waals surface area contributed by atoms with Gasteiger partial charge in [0, 0.05) is 43.9 Å². The van der Waals surface area contributed by atoms with Gasteiger partial charge in [0.05, 0.1) is 18.3 Å². The number of aromatic nitrogens is 3. The normalized spacial score (nSPS) is 28.3. The lowest BCUT2D eigenvalue weighted by Crippen LogP contribution is -2.59. The van der Waals surface area contributed by atoms with E-state index in [0.29, 0.717) is 24.3 Å². The molecule has 6 rings (SSSR count). The molecule has 0 spiro atoms. The molecule has 7 nitrogen and oxygen atoms in total. The van der Waals surface area contributed by atoms with Crippen molar-refractivity contribution in [1.82, 2.24) is 19.3 Å². The Bertz CT molecular complexity index is 1250. The van der Waals surface area contributed by atoms with Crippen molar-refractivity contribution in [2.45, 2.75) is 56.1 Å².